The summed E-state index contributed by atoms with van der Waals surface area (Å²) < 4.78 is 5.00. The van der Waals surface area contributed by atoms with Gasteiger partial charge >= 0.3 is 17.9 Å². The molecule has 0 saturated carbocycles. The van der Waals surface area contributed by atoms with E-state index >= 15 is 0 Å². The standard InChI is InChI=1S/C7H11N3O4/c1-4-10(3)6(11)5(13-4)9-14-7(12)8-2/h4H,1-3H3,(H,8,12)/b9-5-. The maximum atomic E-state index is 11.3. The minimum Gasteiger partial charge on any atom is -0.448 e. The Morgan fingerprint density at radius 3 is 2.79 bits per heavy atom. The van der Waals surface area contributed by atoms with Crippen LogP contribution in [-0.2, 0) is 14.4 Å². The van der Waals surface area contributed by atoms with Gasteiger partial charge in [0.2, 0.25) is 0 Å². The van der Waals surface area contributed by atoms with Gasteiger partial charge in [0.05, 0.1) is 0 Å². The zero-order valence-electron chi connectivity index (χ0n) is 8.10. The van der Waals surface area contributed by atoms with Gasteiger partial charge in [0.25, 0.3) is 0 Å². The third-order valence-corrected chi connectivity index (χ3v) is 1.75. The Balaban J connectivity index is 2.62. The Hall–Kier alpha value is -1.79. The number of rotatable bonds is 1. The average molecular weight is 201 g/mol. The van der Waals surface area contributed by atoms with E-state index < -0.39 is 18.2 Å². The number of hydrogen-bond donors (Lipinski definition) is 1. The molecular weight excluding hydrogens is 190 g/mol. The predicted molar refractivity (Wildman–Crippen MR) is 46.3 cm³/mol. The number of oxime groups is 1. The first-order valence-corrected chi connectivity index (χ1v) is 3.96. The van der Waals surface area contributed by atoms with Crippen LogP contribution < -0.4 is 5.32 Å². The molecule has 7 heteroatoms. The molecule has 2 amide bonds. The van der Waals surface area contributed by atoms with Gasteiger partial charge in [-0.15, -0.1) is 0 Å². The molecule has 1 atom stereocenters. The molecule has 0 aromatic rings. The van der Waals surface area contributed by atoms with Crippen LogP contribution in [0.3, 0.4) is 0 Å². The summed E-state index contributed by atoms with van der Waals surface area (Å²) in [4.78, 5) is 27.5. The van der Waals surface area contributed by atoms with Gasteiger partial charge in [-0.05, 0) is 12.1 Å². The highest BCUT2D eigenvalue weighted by molar-refractivity contribution is 6.36. The molecule has 0 aliphatic carbocycles. The fourth-order valence-corrected chi connectivity index (χ4v) is 0.796. The van der Waals surface area contributed by atoms with Gasteiger partial charge in [-0.3, -0.25) is 9.63 Å². The van der Waals surface area contributed by atoms with Crippen LogP contribution in [0.15, 0.2) is 5.16 Å². The van der Waals surface area contributed by atoms with Crippen molar-refractivity contribution >= 4 is 17.9 Å². The lowest BCUT2D eigenvalue weighted by Gasteiger charge is -2.09. The smallest absolute Gasteiger partial charge is 0.433 e. The molecule has 0 aromatic carbocycles. The first kappa shape index (κ1) is 10.3. The Labute approximate surface area is 80.6 Å². The van der Waals surface area contributed by atoms with Gasteiger partial charge in [-0.25, -0.2) is 4.79 Å². The zero-order chi connectivity index (χ0) is 10.7. The number of nitrogens with zero attached hydrogens (tertiary/aromatic N) is 2. The van der Waals surface area contributed by atoms with E-state index in [9.17, 15) is 9.59 Å². The third kappa shape index (κ3) is 1.93. The van der Waals surface area contributed by atoms with Crippen LogP contribution in [0, 0.1) is 0 Å². The minimum absolute atomic E-state index is 0.219. The topological polar surface area (TPSA) is 80.2 Å². The van der Waals surface area contributed by atoms with Crippen molar-refractivity contribution in [2.45, 2.75) is 13.2 Å². The molecule has 1 heterocycles. The first-order valence-electron chi connectivity index (χ1n) is 3.96. The highest BCUT2D eigenvalue weighted by Gasteiger charge is 2.33. The van der Waals surface area contributed by atoms with Crippen molar-refractivity contribution in [2.75, 3.05) is 14.1 Å². The lowest BCUT2D eigenvalue weighted by atomic mass is 10.5. The molecular formula is C7H11N3O4. The fraction of sp³-hybridized carbons (Fsp3) is 0.571. The van der Waals surface area contributed by atoms with E-state index in [4.69, 9.17) is 4.74 Å². The van der Waals surface area contributed by atoms with Crippen LogP contribution in [0.25, 0.3) is 0 Å². The Kier molecular flexibility index (Phi) is 2.90. The third-order valence-electron chi connectivity index (χ3n) is 1.75. The number of likely N-dealkylation sites (N-methyl/N-ethyl adjacent to an activating group) is 1. The van der Waals surface area contributed by atoms with E-state index in [1.807, 2.05) is 0 Å². The second kappa shape index (κ2) is 3.95. The van der Waals surface area contributed by atoms with Crippen LogP contribution in [0.5, 0.6) is 0 Å². The van der Waals surface area contributed by atoms with Gasteiger partial charge in [0, 0.05) is 14.1 Å². The highest BCUT2D eigenvalue weighted by atomic mass is 16.7. The Bertz CT molecular complexity index is 289. The van der Waals surface area contributed by atoms with Crippen molar-refractivity contribution in [1.82, 2.24) is 10.2 Å². The van der Waals surface area contributed by atoms with Crippen LogP contribution in [0.2, 0.25) is 0 Å². The molecule has 1 unspecified atom stereocenters. The second-order valence-electron chi connectivity index (χ2n) is 2.66. The Morgan fingerprint density at radius 2 is 2.36 bits per heavy atom. The minimum atomic E-state index is -0.754. The normalized spacial score (nSPS) is 23.6. The number of amides is 2. The summed E-state index contributed by atoms with van der Waals surface area (Å²) in [5, 5.41) is 5.44. The second-order valence-corrected chi connectivity index (χ2v) is 2.66. The maximum Gasteiger partial charge on any atom is 0.433 e. The predicted octanol–water partition coefficient (Wildman–Crippen LogP) is -0.510. The van der Waals surface area contributed by atoms with Crippen LogP contribution in [0.4, 0.5) is 4.79 Å². The maximum absolute atomic E-state index is 11.3. The van der Waals surface area contributed by atoms with E-state index in [1.165, 1.54) is 11.9 Å². The number of hydrogen-bond acceptors (Lipinski definition) is 5. The van der Waals surface area contributed by atoms with Gasteiger partial charge in [0.15, 0.2) is 6.23 Å². The summed E-state index contributed by atoms with van der Waals surface area (Å²) in [7, 11) is 2.95. The molecule has 78 valence electrons. The summed E-state index contributed by atoms with van der Waals surface area (Å²) in [6.45, 7) is 1.68. The van der Waals surface area contributed by atoms with E-state index in [-0.39, 0.29) is 5.90 Å². The number of carbonyl (C=O) groups is 2. The van der Waals surface area contributed by atoms with E-state index in [0.717, 1.165) is 0 Å². The molecule has 1 rings (SSSR count). The quantitative estimate of drug-likeness (QED) is 0.457. The summed E-state index contributed by atoms with van der Waals surface area (Å²) in [5.74, 6) is -0.634. The average Bonchev–Trinajstić information content (AvgIpc) is 2.42. The zero-order valence-corrected chi connectivity index (χ0v) is 8.10. The molecule has 14 heavy (non-hydrogen) atoms. The molecule has 1 aliphatic heterocycles. The SMILES string of the molecule is CNC(=O)O/N=C1\OC(C)N(C)C1=O. The largest absolute Gasteiger partial charge is 0.448 e. The molecule has 7 nitrogen and oxygen atoms in total. The van der Waals surface area contributed by atoms with Crippen molar-refractivity contribution in [3.8, 4) is 0 Å². The van der Waals surface area contributed by atoms with Gasteiger partial charge < -0.3 is 15.0 Å². The fourth-order valence-electron chi connectivity index (χ4n) is 0.796. The lowest BCUT2D eigenvalue weighted by Crippen LogP contribution is -2.27. The Morgan fingerprint density at radius 1 is 1.71 bits per heavy atom. The first-order chi connectivity index (χ1) is 6.56. The van der Waals surface area contributed by atoms with Crippen molar-refractivity contribution in [3.63, 3.8) is 0 Å². The van der Waals surface area contributed by atoms with Gasteiger partial charge in [0.1, 0.15) is 0 Å². The van der Waals surface area contributed by atoms with Crippen LogP contribution >= 0.6 is 0 Å². The number of carbonyl (C=O) groups excluding carboxylic acids is 2. The molecule has 0 bridgehead atoms. The van der Waals surface area contributed by atoms with E-state index in [1.54, 1.807) is 14.0 Å². The molecule has 0 spiro atoms. The van der Waals surface area contributed by atoms with Crippen molar-refractivity contribution in [1.29, 1.82) is 0 Å². The monoisotopic (exact) mass is 201 g/mol. The molecule has 1 aliphatic rings. The van der Waals surface area contributed by atoms with Gasteiger partial charge in [-0.2, -0.15) is 0 Å². The molecule has 1 N–H and O–H groups in total. The summed E-state index contributed by atoms with van der Waals surface area (Å²) >= 11 is 0. The van der Waals surface area contributed by atoms with Crippen LogP contribution in [0.1, 0.15) is 6.92 Å². The lowest BCUT2D eigenvalue weighted by molar-refractivity contribution is -0.123. The summed E-state index contributed by atoms with van der Waals surface area (Å²) in [6.07, 6.45) is -1.15. The number of nitrogens with one attached hydrogen (secondary N) is 1. The van der Waals surface area contributed by atoms with Crippen molar-refractivity contribution in [2.24, 2.45) is 5.16 Å². The van der Waals surface area contributed by atoms with Gasteiger partial charge in [-0.1, -0.05) is 0 Å². The summed E-state index contributed by atoms with van der Waals surface area (Å²) in [6, 6.07) is 0. The van der Waals surface area contributed by atoms with E-state index in [0.29, 0.717) is 0 Å². The summed E-state index contributed by atoms with van der Waals surface area (Å²) in [5.41, 5.74) is 0. The molecule has 0 aromatic heterocycles. The van der Waals surface area contributed by atoms with Crippen LogP contribution in [-0.4, -0.2) is 43.1 Å². The highest BCUT2D eigenvalue weighted by Crippen LogP contribution is 2.10. The number of ether oxygens (including phenoxy) is 1. The molecule has 1 fully saturated rings. The van der Waals surface area contributed by atoms with Crippen molar-refractivity contribution in [3.05, 3.63) is 0 Å². The van der Waals surface area contributed by atoms with E-state index in [2.05, 4.69) is 15.3 Å². The molecule has 0 radical (unpaired) electrons. The van der Waals surface area contributed by atoms with Crippen molar-refractivity contribution < 1.29 is 19.2 Å². The molecule has 1 saturated heterocycles.